The number of nitrogens with zero attached hydrogens (tertiary/aromatic N) is 4. The van der Waals surface area contributed by atoms with Crippen LogP contribution in [-0.4, -0.2) is 52.0 Å². The summed E-state index contributed by atoms with van der Waals surface area (Å²) in [5.74, 6) is 0.967. The molecule has 20 heavy (non-hydrogen) atoms. The Morgan fingerprint density at radius 1 is 1.20 bits per heavy atom. The van der Waals surface area contributed by atoms with Gasteiger partial charge in [-0.1, -0.05) is 13.3 Å². The molecule has 0 aromatic carbocycles. The molecule has 2 aliphatic rings. The van der Waals surface area contributed by atoms with Crippen LogP contribution < -0.4 is 0 Å². The molecule has 0 radical (unpaired) electrons. The lowest BCUT2D eigenvalue weighted by Crippen LogP contribution is -2.40. The Morgan fingerprint density at radius 3 is 2.85 bits per heavy atom. The molecule has 1 unspecified atom stereocenters. The molecule has 0 N–H and O–H groups in total. The molecule has 4 nitrogen and oxygen atoms in total. The molecular weight excluding hydrogens is 248 g/mol. The van der Waals surface area contributed by atoms with E-state index in [9.17, 15) is 0 Å². The molecule has 3 heterocycles. The van der Waals surface area contributed by atoms with Crippen molar-refractivity contribution in [2.45, 2.75) is 51.6 Å². The molecule has 3 rings (SSSR count). The number of aryl methyl sites for hydroxylation is 1. The van der Waals surface area contributed by atoms with E-state index in [1.807, 2.05) is 6.20 Å². The van der Waals surface area contributed by atoms with Gasteiger partial charge in [0, 0.05) is 38.3 Å². The molecule has 1 aromatic rings. The van der Waals surface area contributed by atoms with Crippen molar-refractivity contribution < 1.29 is 0 Å². The highest BCUT2D eigenvalue weighted by Gasteiger charge is 2.28. The second-order valence-electron chi connectivity index (χ2n) is 6.09. The molecule has 2 aliphatic heterocycles. The summed E-state index contributed by atoms with van der Waals surface area (Å²) in [4.78, 5) is 14.2. The average Bonchev–Trinajstić information content (AvgIpc) is 2.97. The Kier molecular flexibility index (Phi) is 4.63. The number of likely N-dealkylation sites (tertiary alicyclic amines) is 2. The molecule has 1 atom stereocenters. The summed E-state index contributed by atoms with van der Waals surface area (Å²) in [5.41, 5.74) is 1.18. The first-order chi connectivity index (χ1) is 9.85. The molecule has 0 amide bonds. The summed E-state index contributed by atoms with van der Waals surface area (Å²) in [6.07, 6.45) is 8.35. The highest BCUT2D eigenvalue weighted by atomic mass is 15.3. The summed E-state index contributed by atoms with van der Waals surface area (Å²) >= 11 is 0. The summed E-state index contributed by atoms with van der Waals surface area (Å²) in [6.45, 7) is 8.15. The van der Waals surface area contributed by atoms with E-state index in [0.29, 0.717) is 0 Å². The van der Waals surface area contributed by atoms with E-state index in [-0.39, 0.29) is 0 Å². The molecule has 4 heteroatoms. The van der Waals surface area contributed by atoms with Crippen LogP contribution in [0.1, 0.15) is 44.1 Å². The maximum absolute atomic E-state index is 4.63. The molecule has 0 aliphatic carbocycles. The zero-order valence-electron chi connectivity index (χ0n) is 12.6. The third-order valence-corrected chi connectivity index (χ3v) is 4.62. The van der Waals surface area contributed by atoms with E-state index in [1.165, 1.54) is 57.6 Å². The molecule has 0 saturated carbocycles. The van der Waals surface area contributed by atoms with Crippen LogP contribution in [0, 0.1) is 0 Å². The van der Waals surface area contributed by atoms with Gasteiger partial charge in [-0.2, -0.15) is 0 Å². The van der Waals surface area contributed by atoms with Gasteiger partial charge in [-0.3, -0.25) is 9.80 Å². The highest BCUT2D eigenvalue weighted by molar-refractivity contribution is 5.03. The van der Waals surface area contributed by atoms with Crippen molar-refractivity contribution in [1.29, 1.82) is 0 Å². The Labute approximate surface area is 122 Å². The Balaban J connectivity index is 1.54. The number of rotatable bonds is 4. The fraction of sp³-hybridized carbons (Fsp3) is 0.750. The first-order valence-electron chi connectivity index (χ1n) is 8.12. The zero-order chi connectivity index (χ0) is 13.8. The van der Waals surface area contributed by atoms with E-state index >= 15 is 0 Å². The van der Waals surface area contributed by atoms with Crippen molar-refractivity contribution in [2.75, 3.05) is 26.2 Å². The standard InChI is InChI=1S/C16H26N4/c1-2-16-17-8-6-14(18-16)12-19-11-7-15(13-19)20-9-4-3-5-10-20/h6,8,15H,2-5,7,9-13H2,1H3. The minimum atomic E-state index is 0.780. The second-order valence-corrected chi connectivity index (χ2v) is 6.09. The number of hydrogen-bond acceptors (Lipinski definition) is 4. The van der Waals surface area contributed by atoms with Crippen LogP contribution in [-0.2, 0) is 13.0 Å². The van der Waals surface area contributed by atoms with Crippen LogP contribution in [0.5, 0.6) is 0 Å². The fourth-order valence-electron chi connectivity index (χ4n) is 3.47. The Hall–Kier alpha value is -1.00. The maximum Gasteiger partial charge on any atom is 0.128 e. The van der Waals surface area contributed by atoms with Crippen LogP contribution in [0.3, 0.4) is 0 Å². The number of aromatic nitrogens is 2. The van der Waals surface area contributed by atoms with Crippen molar-refractivity contribution in [1.82, 2.24) is 19.8 Å². The van der Waals surface area contributed by atoms with Crippen LogP contribution >= 0.6 is 0 Å². The minimum absolute atomic E-state index is 0.780. The lowest BCUT2D eigenvalue weighted by molar-refractivity contribution is 0.161. The summed E-state index contributed by atoms with van der Waals surface area (Å²) < 4.78 is 0. The zero-order valence-corrected chi connectivity index (χ0v) is 12.6. The van der Waals surface area contributed by atoms with E-state index < -0.39 is 0 Å². The average molecular weight is 274 g/mol. The minimum Gasteiger partial charge on any atom is -0.299 e. The van der Waals surface area contributed by atoms with Crippen LogP contribution in [0.2, 0.25) is 0 Å². The largest absolute Gasteiger partial charge is 0.299 e. The van der Waals surface area contributed by atoms with Crippen molar-refractivity contribution in [2.24, 2.45) is 0 Å². The van der Waals surface area contributed by atoms with Crippen molar-refractivity contribution in [3.05, 3.63) is 23.8 Å². The van der Waals surface area contributed by atoms with Gasteiger partial charge in [-0.05, 0) is 38.4 Å². The van der Waals surface area contributed by atoms with Gasteiger partial charge in [0.2, 0.25) is 0 Å². The van der Waals surface area contributed by atoms with Gasteiger partial charge in [-0.25, -0.2) is 9.97 Å². The fourth-order valence-corrected chi connectivity index (χ4v) is 3.47. The second kappa shape index (κ2) is 6.64. The monoisotopic (exact) mass is 274 g/mol. The van der Waals surface area contributed by atoms with Crippen LogP contribution in [0.25, 0.3) is 0 Å². The first kappa shape index (κ1) is 14.0. The van der Waals surface area contributed by atoms with Gasteiger partial charge in [0.25, 0.3) is 0 Å². The van der Waals surface area contributed by atoms with E-state index in [4.69, 9.17) is 0 Å². The van der Waals surface area contributed by atoms with Gasteiger partial charge in [0.15, 0.2) is 0 Å². The lowest BCUT2D eigenvalue weighted by atomic mass is 10.1. The SMILES string of the molecule is CCc1nccc(CN2CCC(N3CCCCC3)C2)n1. The molecule has 110 valence electrons. The van der Waals surface area contributed by atoms with Gasteiger partial charge in [0.05, 0.1) is 5.69 Å². The van der Waals surface area contributed by atoms with Gasteiger partial charge in [0.1, 0.15) is 5.82 Å². The maximum atomic E-state index is 4.63. The van der Waals surface area contributed by atoms with Crippen LogP contribution in [0.15, 0.2) is 12.3 Å². The topological polar surface area (TPSA) is 32.3 Å². The molecular formula is C16H26N4. The van der Waals surface area contributed by atoms with Crippen LogP contribution in [0.4, 0.5) is 0 Å². The molecule has 2 fully saturated rings. The molecule has 1 aromatic heterocycles. The van der Waals surface area contributed by atoms with E-state index in [0.717, 1.165) is 24.8 Å². The third-order valence-electron chi connectivity index (χ3n) is 4.62. The Morgan fingerprint density at radius 2 is 2.05 bits per heavy atom. The predicted octanol–water partition coefficient (Wildman–Crippen LogP) is 2.10. The normalized spacial score (nSPS) is 25.1. The number of piperidine rings is 1. The third kappa shape index (κ3) is 3.36. The summed E-state index contributed by atoms with van der Waals surface area (Å²) in [6, 6.07) is 2.84. The lowest BCUT2D eigenvalue weighted by Gasteiger charge is -2.32. The Bertz CT molecular complexity index is 428. The molecule has 0 spiro atoms. The smallest absolute Gasteiger partial charge is 0.128 e. The molecule has 0 bridgehead atoms. The summed E-state index contributed by atoms with van der Waals surface area (Å²) in [5, 5.41) is 0. The highest BCUT2D eigenvalue weighted by Crippen LogP contribution is 2.21. The van der Waals surface area contributed by atoms with E-state index in [1.54, 1.807) is 0 Å². The quantitative estimate of drug-likeness (QED) is 0.841. The summed E-state index contributed by atoms with van der Waals surface area (Å²) in [7, 11) is 0. The van der Waals surface area contributed by atoms with Gasteiger partial charge in [-0.15, -0.1) is 0 Å². The van der Waals surface area contributed by atoms with Crippen molar-refractivity contribution in [3.63, 3.8) is 0 Å². The van der Waals surface area contributed by atoms with Crippen molar-refractivity contribution in [3.8, 4) is 0 Å². The van der Waals surface area contributed by atoms with E-state index in [2.05, 4.69) is 32.8 Å². The number of hydrogen-bond donors (Lipinski definition) is 0. The van der Waals surface area contributed by atoms with Gasteiger partial charge >= 0.3 is 0 Å². The molecule has 2 saturated heterocycles. The first-order valence-corrected chi connectivity index (χ1v) is 8.12. The van der Waals surface area contributed by atoms with Crippen molar-refractivity contribution >= 4 is 0 Å². The predicted molar refractivity (Wildman–Crippen MR) is 80.5 cm³/mol. The van der Waals surface area contributed by atoms with Gasteiger partial charge < -0.3 is 0 Å².